The first-order chi connectivity index (χ1) is 4.43. The summed E-state index contributed by atoms with van der Waals surface area (Å²) < 4.78 is 0. The van der Waals surface area contributed by atoms with Crippen LogP contribution < -0.4 is 0 Å². The largest absolute Gasteiger partial charge is 0.0525 e. The maximum absolute atomic E-state index is 1.60. The normalized spacial score (nSPS) is 61.3. The van der Waals surface area contributed by atoms with E-state index in [0.717, 1.165) is 5.41 Å². The standard InChI is InChI=1S/C9H14/c1-3-7-8-4-2-6-9(7,8)5-1/h7-8H,1-6H2. The number of fused-ring (bicyclic) bond motifs is 1. The van der Waals surface area contributed by atoms with Gasteiger partial charge >= 0.3 is 0 Å². The second-order valence-electron chi connectivity index (χ2n) is 4.23. The first-order valence-corrected chi connectivity index (χ1v) is 4.43. The SMILES string of the molecule is C1CC2C3CCCC23C1. The number of rotatable bonds is 0. The van der Waals surface area contributed by atoms with Crippen LogP contribution in [0.1, 0.15) is 38.5 Å². The highest BCUT2D eigenvalue weighted by Gasteiger charge is 2.67. The quantitative estimate of drug-likeness (QED) is 0.463. The van der Waals surface area contributed by atoms with Gasteiger partial charge in [0.05, 0.1) is 0 Å². The van der Waals surface area contributed by atoms with Crippen LogP contribution in [0.3, 0.4) is 0 Å². The summed E-state index contributed by atoms with van der Waals surface area (Å²) in [6.45, 7) is 0. The van der Waals surface area contributed by atoms with E-state index < -0.39 is 0 Å². The van der Waals surface area contributed by atoms with Crippen LogP contribution in [0.2, 0.25) is 0 Å². The van der Waals surface area contributed by atoms with Gasteiger partial charge in [0, 0.05) is 0 Å². The minimum absolute atomic E-state index is 0.972. The molecule has 0 N–H and O–H groups in total. The van der Waals surface area contributed by atoms with E-state index in [4.69, 9.17) is 0 Å². The summed E-state index contributed by atoms with van der Waals surface area (Å²) in [6, 6.07) is 0. The molecule has 9 heavy (non-hydrogen) atoms. The van der Waals surface area contributed by atoms with E-state index in [1.807, 2.05) is 0 Å². The number of hydrogen-bond acceptors (Lipinski definition) is 0. The van der Waals surface area contributed by atoms with E-state index in [9.17, 15) is 0 Å². The predicted molar refractivity (Wildman–Crippen MR) is 37.1 cm³/mol. The molecule has 0 aromatic rings. The predicted octanol–water partition coefficient (Wildman–Crippen LogP) is 2.59. The van der Waals surface area contributed by atoms with E-state index >= 15 is 0 Å². The van der Waals surface area contributed by atoms with Gasteiger partial charge in [0.2, 0.25) is 0 Å². The Morgan fingerprint density at radius 3 is 1.89 bits per heavy atom. The highest BCUT2D eigenvalue weighted by Crippen LogP contribution is 2.75. The maximum Gasteiger partial charge on any atom is -0.0235 e. The lowest BCUT2D eigenvalue weighted by atomic mass is 10.0. The zero-order valence-corrected chi connectivity index (χ0v) is 5.90. The fraction of sp³-hybridized carbons (Fsp3) is 1.00. The fourth-order valence-electron chi connectivity index (χ4n) is 3.82. The van der Waals surface area contributed by atoms with Gasteiger partial charge in [-0.25, -0.2) is 0 Å². The molecule has 2 atom stereocenters. The summed E-state index contributed by atoms with van der Waals surface area (Å²) in [5.74, 6) is 2.46. The minimum atomic E-state index is 0.972. The van der Waals surface area contributed by atoms with Crippen LogP contribution in [-0.2, 0) is 0 Å². The zero-order valence-electron chi connectivity index (χ0n) is 5.90. The van der Waals surface area contributed by atoms with Gasteiger partial charge in [-0.15, -0.1) is 0 Å². The lowest BCUT2D eigenvalue weighted by Crippen LogP contribution is -1.93. The average Bonchev–Trinajstić information content (AvgIpc) is 2.40. The molecule has 3 aliphatic rings. The van der Waals surface area contributed by atoms with E-state index in [0.29, 0.717) is 0 Å². The van der Waals surface area contributed by atoms with E-state index in [1.165, 1.54) is 11.8 Å². The third-order valence-corrected chi connectivity index (χ3v) is 4.17. The van der Waals surface area contributed by atoms with Gasteiger partial charge in [0.1, 0.15) is 0 Å². The maximum atomic E-state index is 1.60. The molecule has 1 spiro atoms. The van der Waals surface area contributed by atoms with Crippen LogP contribution in [0.4, 0.5) is 0 Å². The first-order valence-electron chi connectivity index (χ1n) is 4.43. The molecule has 0 radical (unpaired) electrons. The Hall–Kier alpha value is 0. The molecular weight excluding hydrogens is 108 g/mol. The zero-order chi connectivity index (χ0) is 5.90. The van der Waals surface area contributed by atoms with Crippen molar-refractivity contribution >= 4 is 0 Å². The molecule has 50 valence electrons. The molecule has 0 amide bonds. The third-order valence-electron chi connectivity index (χ3n) is 4.17. The molecule has 3 aliphatic carbocycles. The highest BCUT2D eigenvalue weighted by atomic mass is 14.7. The van der Waals surface area contributed by atoms with Crippen molar-refractivity contribution in [3.8, 4) is 0 Å². The molecule has 0 saturated heterocycles. The molecule has 0 heteroatoms. The Morgan fingerprint density at radius 1 is 0.889 bits per heavy atom. The summed E-state index contributed by atoms with van der Waals surface area (Å²) in [7, 11) is 0. The van der Waals surface area contributed by atoms with Gasteiger partial charge in [0.25, 0.3) is 0 Å². The van der Waals surface area contributed by atoms with Crippen molar-refractivity contribution in [2.75, 3.05) is 0 Å². The van der Waals surface area contributed by atoms with Crippen molar-refractivity contribution in [2.45, 2.75) is 38.5 Å². The summed E-state index contributed by atoms with van der Waals surface area (Å²) in [5, 5.41) is 0. The highest BCUT2D eigenvalue weighted by molar-refractivity contribution is 5.16. The van der Waals surface area contributed by atoms with Crippen LogP contribution in [-0.4, -0.2) is 0 Å². The Balaban J connectivity index is 1.96. The minimum Gasteiger partial charge on any atom is -0.0525 e. The molecule has 0 bridgehead atoms. The van der Waals surface area contributed by atoms with Crippen LogP contribution in [0.25, 0.3) is 0 Å². The van der Waals surface area contributed by atoms with Crippen molar-refractivity contribution in [3.63, 3.8) is 0 Å². The van der Waals surface area contributed by atoms with E-state index in [-0.39, 0.29) is 0 Å². The Morgan fingerprint density at radius 2 is 1.44 bits per heavy atom. The molecule has 0 nitrogen and oxygen atoms in total. The summed E-state index contributed by atoms with van der Waals surface area (Å²) in [6.07, 6.45) is 9.49. The van der Waals surface area contributed by atoms with Crippen LogP contribution in [0, 0.1) is 17.3 Å². The molecule has 2 unspecified atom stereocenters. The van der Waals surface area contributed by atoms with Crippen LogP contribution >= 0.6 is 0 Å². The van der Waals surface area contributed by atoms with Gasteiger partial charge in [-0.05, 0) is 42.9 Å². The van der Waals surface area contributed by atoms with Crippen molar-refractivity contribution in [2.24, 2.45) is 17.3 Å². The molecule has 0 heterocycles. The van der Waals surface area contributed by atoms with Gasteiger partial charge in [0.15, 0.2) is 0 Å². The summed E-state index contributed by atoms with van der Waals surface area (Å²) in [5.41, 5.74) is 0.972. The van der Waals surface area contributed by atoms with Crippen LogP contribution in [0.5, 0.6) is 0 Å². The lowest BCUT2D eigenvalue weighted by Gasteiger charge is -2.04. The third kappa shape index (κ3) is 0.367. The molecular formula is C9H14. The fourth-order valence-corrected chi connectivity index (χ4v) is 3.82. The van der Waals surface area contributed by atoms with Crippen molar-refractivity contribution in [1.29, 1.82) is 0 Å². The molecule has 3 saturated carbocycles. The second kappa shape index (κ2) is 1.21. The Bertz CT molecular complexity index is 130. The number of hydrogen-bond donors (Lipinski definition) is 0. The molecule has 0 aliphatic heterocycles. The first kappa shape index (κ1) is 4.76. The molecule has 3 fully saturated rings. The van der Waals surface area contributed by atoms with Gasteiger partial charge < -0.3 is 0 Å². The van der Waals surface area contributed by atoms with Gasteiger partial charge in [-0.1, -0.05) is 12.8 Å². The summed E-state index contributed by atoms with van der Waals surface area (Å²) >= 11 is 0. The van der Waals surface area contributed by atoms with Gasteiger partial charge in [-0.3, -0.25) is 0 Å². The second-order valence-corrected chi connectivity index (χ2v) is 4.23. The van der Waals surface area contributed by atoms with Crippen molar-refractivity contribution < 1.29 is 0 Å². The molecule has 0 aromatic heterocycles. The Labute approximate surface area is 56.6 Å². The smallest absolute Gasteiger partial charge is 0.0235 e. The van der Waals surface area contributed by atoms with Crippen molar-refractivity contribution in [3.05, 3.63) is 0 Å². The molecule has 3 rings (SSSR count). The van der Waals surface area contributed by atoms with Gasteiger partial charge in [-0.2, -0.15) is 0 Å². The monoisotopic (exact) mass is 122 g/mol. The van der Waals surface area contributed by atoms with E-state index in [2.05, 4.69) is 0 Å². The summed E-state index contributed by atoms with van der Waals surface area (Å²) in [4.78, 5) is 0. The van der Waals surface area contributed by atoms with Crippen LogP contribution in [0.15, 0.2) is 0 Å². The average molecular weight is 122 g/mol. The van der Waals surface area contributed by atoms with E-state index in [1.54, 1.807) is 38.5 Å². The lowest BCUT2D eigenvalue weighted by molar-refractivity contribution is 0.466. The van der Waals surface area contributed by atoms with Crippen molar-refractivity contribution in [1.82, 2.24) is 0 Å². The molecule has 0 aromatic carbocycles. The topological polar surface area (TPSA) is 0 Å². The Kier molecular flexibility index (Phi) is 0.640.